The normalized spacial score (nSPS) is 11.5. The van der Waals surface area contributed by atoms with Crippen molar-refractivity contribution in [2.75, 3.05) is 32.9 Å². The van der Waals surface area contributed by atoms with E-state index in [0.29, 0.717) is 41.2 Å². The minimum absolute atomic E-state index is 0.119. The molecule has 7 nitrogen and oxygen atoms in total. The maximum atomic E-state index is 12.0. The summed E-state index contributed by atoms with van der Waals surface area (Å²) in [5.41, 5.74) is 0.774. The molecule has 0 bridgehead atoms. The van der Waals surface area contributed by atoms with E-state index in [0.717, 1.165) is 11.3 Å². The standard InChI is InChI=1S/C26H28Cl2N2O5/c27-20-7-6-19(25(28)14-20)15-30-26(32)18-35-24-10-8-23(9-11-24)33-13-12-29-16-21(31)17-34-22-4-2-1-3-5-22/h1-11,14,21,29,31H,12-13,15-18H2,(H,30,32). The molecule has 0 aliphatic rings. The topological polar surface area (TPSA) is 89.1 Å². The highest BCUT2D eigenvalue weighted by atomic mass is 35.5. The summed E-state index contributed by atoms with van der Waals surface area (Å²) in [5, 5.41) is 16.9. The van der Waals surface area contributed by atoms with Gasteiger partial charge in [0.25, 0.3) is 5.91 Å². The van der Waals surface area contributed by atoms with Gasteiger partial charge in [0.15, 0.2) is 6.61 Å². The van der Waals surface area contributed by atoms with Gasteiger partial charge < -0.3 is 30.0 Å². The van der Waals surface area contributed by atoms with Crippen LogP contribution in [0.2, 0.25) is 10.0 Å². The lowest BCUT2D eigenvalue weighted by Gasteiger charge is -2.13. The predicted molar refractivity (Wildman–Crippen MR) is 137 cm³/mol. The fourth-order valence-corrected chi connectivity index (χ4v) is 3.44. The monoisotopic (exact) mass is 518 g/mol. The van der Waals surface area contributed by atoms with Crippen molar-refractivity contribution < 1.29 is 24.1 Å². The molecular weight excluding hydrogens is 491 g/mol. The third-order valence-electron chi connectivity index (χ3n) is 4.80. The first-order valence-electron chi connectivity index (χ1n) is 11.1. The number of rotatable bonds is 14. The second-order valence-corrected chi connectivity index (χ2v) is 8.45. The molecule has 3 rings (SSSR count). The van der Waals surface area contributed by atoms with Crippen molar-refractivity contribution in [1.29, 1.82) is 0 Å². The van der Waals surface area contributed by atoms with E-state index in [2.05, 4.69) is 10.6 Å². The van der Waals surface area contributed by atoms with Gasteiger partial charge in [0.2, 0.25) is 0 Å². The van der Waals surface area contributed by atoms with Gasteiger partial charge in [0.05, 0.1) is 0 Å². The summed E-state index contributed by atoms with van der Waals surface area (Å²) in [7, 11) is 0. The highest BCUT2D eigenvalue weighted by Crippen LogP contribution is 2.21. The number of hydrogen-bond acceptors (Lipinski definition) is 6. The third-order valence-corrected chi connectivity index (χ3v) is 5.38. The number of ether oxygens (including phenoxy) is 3. The first kappa shape index (κ1) is 26.6. The molecular formula is C26H28Cl2N2O5. The van der Waals surface area contributed by atoms with E-state index >= 15 is 0 Å². The Morgan fingerprint density at radius 3 is 2.29 bits per heavy atom. The van der Waals surface area contributed by atoms with Gasteiger partial charge in [-0.2, -0.15) is 0 Å². The number of halogens is 2. The predicted octanol–water partition coefficient (Wildman–Crippen LogP) is 4.10. The van der Waals surface area contributed by atoms with Gasteiger partial charge >= 0.3 is 0 Å². The van der Waals surface area contributed by atoms with Crippen molar-refractivity contribution >= 4 is 29.1 Å². The number of aliphatic hydroxyl groups excluding tert-OH is 1. The number of aliphatic hydroxyl groups is 1. The van der Waals surface area contributed by atoms with E-state index in [9.17, 15) is 9.90 Å². The quantitative estimate of drug-likeness (QED) is 0.278. The summed E-state index contributed by atoms with van der Waals surface area (Å²) in [6, 6.07) is 21.5. The van der Waals surface area contributed by atoms with Gasteiger partial charge in [0, 0.05) is 29.7 Å². The van der Waals surface area contributed by atoms with Crippen molar-refractivity contribution in [2.45, 2.75) is 12.6 Å². The zero-order valence-corrected chi connectivity index (χ0v) is 20.6. The number of benzene rings is 3. The Hall–Kier alpha value is -2.97. The van der Waals surface area contributed by atoms with Crippen molar-refractivity contribution in [2.24, 2.45) is 0 Å². The number of para-hydroxylation sites is 1. The summed E-state index contributed by atoms with van der Waals surface area (Å²) in [6.45, 7) is 1.78. The Morgan fingerprint density at radius 1 is 0.886 bits per heavy atom. The van der Waals surface area contributed by atoms with Gasteiger partial charge in [-0.1, -0.05) is 47.5 Å². The van der Waals surface area contributed by atoms with Crippen LogP contribution in [0.1, 0.15) is 5.56 Å². The van der Waals surface area contributed by atoms with Crippen LogP contribution in [0, 0.1) is 0 Å². The number of nitrogens with one attached hydrogen (secondary N) is 2. The van der Waals surface area contributed by atoms with Crippen LogP contribution >= 0.6 is 23.2 Å². The van der Waals surface area contributed by atoms with Gasteiger partial charge in [-0.3, -0.25) is 4.79 Å². The fourth-order valence-electron chi connectivity index (χ4n) is 2.97. The molecule has 0 spiro atoms. The van der Waals surface area contributed by atoms with Crippen LogP contribution < -0.4 is 24.8 Å². The molecule has 0 fully saturated rings. The molecule has 0 heterocycles. The lowest BCUT2D eigenvalue weighted by Crippen LogP contribution is -2.33. The molecule has 0 aliphatic heterocycles. The number of amides is 1. The van der Waals surface area contributed by atoms with Crippen molar-refractivity contribution in [1.82, 2.24) is 10.6 Å². The third kappa shape index (κ3) is 10.0. The summed E-state index contributed by atoms with van der Waals surface area (Å²) < 4.78 is 16.7. The van der Waals surface area contributed by atoms with Crippen LogP contribution in [0.25, 0.3) is 0 Å². The Kier molecular flexibility index (Phi) is 11.0. The van der Waals surface area contributed by atoms with Crippen molar-refractivity contribution in [3.05, 3.63) is 88.4 Å². The summed E-state index contributed by atoms with van der Waals surface area (Å²) in [5.74, 6) is 1.69. The van der Waals surface area contributed by atoms with Crippen LogP contribution in [0.15, 0.2) is 72.8 Å². The van der Waals surface area contributed by atoms with E-state index in [1.54, 1.807) is 42.5 Å². The van der Waals surface area contributed by atoms with E-state index in [-0.39, 0.29) is 25.7 Å². The Bertz CT molecular complexity index is 1050. The molecule has 186 valence electrons. The first-order chi connectivity index (χ1) is 17.0. The first-order valence-corrected chi connectivity index (χ1v) is 11.9. The van der Waals surface area contributed by atoms with Crippen LogP contribution in [0.4, 0.5) is 0 Å². The Morgan fingerprint density at radius 2 is 1.57 bits per heavy atom. The number of hydrogen-bond donors (Lipinski definition) is 3. The lowest BCUT2D eigenvalue weighted by molar-refractivity contribution is -0.123. The van der Waals surface area contributed by atoms with Gasteiger partial charge in [-0.25, -0.2) is 0 Å². The van der Waals surface area contributed by atoms with E-state index in [1.807, 2.05) is 30.3 Å². The molecule has 9 heteroatoms. The molecule has 3 aromatic carbocycles. The van der Waals surface area contributed by atoms with Crippen LogP contribution in [-0.4, -0.2) is 50.0 Å². The molecule has 0 aliphatic carbocycles. The largest absolute Gasteiger partial charge is 0.492 e. The lowest BCUT2D eigenvalue weighted by atomic mass is 10.2. The minimum atomic E-state index is -0.619. The average Bonchev–Trinajstić information content (AvgIpc) is 2.87. The van der Waals surface area contributed by atoms with Crippen molar-refractivity contribution in [3.63, 3.8) is 0 Å². The smallest absolute Gasteiger partial charge is 0.258 e. The maximum Gasteiger partial charge on any atom is 0.258 e. The summed E-state index contributed by atoms with van der Waals surface area (Å²) in [4.78, 5) is 12.0. The second kappa shape index (κ2) is 14.4. The SMILES string of the molecule is O=C(COc1ccc(OCCNCC(O)COc2ccccc2)cc1)NCc1ccc(Cl)cc1Cl. The van der Waals surface area contributed by atoms with Gasteiger partial charge in [-0.05, 0) is 54.1 Å². The van der Waals surface area contributed by atoms with Crippen LogP contribution in [0.3, 0.4) is 0 Å². The maximum absolute atomic E-state index is 12.0. The highest BCUT2D eigenvalue weighted by molar-refractivity contribution is 6.35. The van der Waals surface area contributed by atoms with E-state index in [1.165, 1.54) is 0 Å². The average molecular weight is 519 g/mol. The molecule has 1 atom stereocenters. The highest BCUT2D eigenvalue weighted by Gasteiger charge is 2.07. The molecule has 0 saturated heterocycles. The molecule has 0 aromatic heterocycles. The fraction of sp³-hybridized carbons (Fsp3) is 0.269. The van der Waals surface area contributed by atoms with Crippen LogP contribution in [-0.2, 0) is 11.3 Å². The molecule has 1 amide bonds. The number of carbonyl (C=O) groups excluding carboxylic acids is 1. The van der Waals surface area contributed by atoms with Gasteiger partial charge in [-0.15, -0.1) is 0 Å². The zero-order chi connectivity index (χ0) is 24.9. The molecule has 3 N–H and O–H groups in total. The van der Waals surface area contributed by atoms with Gasteiger partial charge in [0.1, 0.15) is 36.6 Å². The summed E-state index contributed by atoms with van der Waals surface area (Å²) in [6.07, 6.45) is -0.619. The molecule has 0 radical (unpaired) electrons. The van der Waals surface area contributed by atoms with E-state index < -0.39 is 6.10 Å². The summed E-state index contributed by atoms with van der Waals surface area (Å²) >= 11 is 12.0. The molecule has 35 heavy (non-hydrogen) atoms. The Balaban J connectivity index is 1.26. The van der Waals surface area contributed by atoms with Crippen molar-refractivity contribution in [3.8, 4) is 17.2 Å². The van der Waals surface area contributed by atoms with Crippen LogP contribution in [0.5, 0.6) is 17.2 Å². The Labute approximate surface area is 214 Å². The molecule has 1 unspecified atom stereocenters. The second-order valence-electron chi connectivity index (χ2n) is 7.60. The van der Waals surface area contributed by atoms with E-state index in [4.69, 9.17) is 37.4 Å². The zero-order valence-electron chi connectivity index (χ0n) is 19.1. The number of carbonyl (C=O) groups is 1. The molecule has 0 saturated carbocycles. The molecule has 3 aromatic rings. The minimum Gasteiger partial charge on any atom is -0.492 e.